The van der Waals surface area contributed by atoms with E-state index in [9.17, 15) is 0 Å². The molecule has 0 atom stereocenters. The van der Waals surface area contributed by atoms with E-state index in [-0.39, 0.29) is 0 Å². The van der Waals surface area contributed by atoms with Crippen LogP contribution < -0.4 is 3.51 Å². The van der Waals surface area contributed by atoms with Gasteiger partial charge in [0.05, 0.1) is 0 Å². The molecule has 1 aromatic rings. The van der Waals surface area contributed by atoms with Crippen LogP contribution in [-0.4, -0.2) is 51.0 Å². The van der Waals surface area contributed by atoms with Crippen molar-refractivity contribution >= 4 is 40.2 Å². The number of halogens is 1. The van der Waals surface area contributed by atoms with Crippen LogP contribution in [0.2, 0.25) is 0 Å². The first-order valence-electron chi connectivity index (χ1n) is 8.29. The summed E-state index contributed by atoms with van der Waals surface area (Å²) in [7, 11) is 0. The zero-order chi connectivity index (χ0) is 17.0. The summed E-state index contributed by atoms with van der Waals surface area (Å²) in [5.74, 6) is 0. The molecule has 22 heavy (non-hydrogen) atoms. The maximum atomic E-state index is 3.67. The van der Waals surface area contributed by atoms with E-state index in [0.717, 1.165) is 0 Å². The minimum atomic E-state index is -2.00. The van der Waals surface area contributed by atoms with Crippen LogP contribution in [0.25, 0.3) is 0 Å². The standard InChI is InChI=1S/C6H4Br.2C6H14N.Sb/c7-6-4-2-1-3-5-6;2*1-5(2)7-6(3)4;/h1-2,4-5H;2*5-6H,1-4H3;/q;2*-1;+2. The Morgan fingerprint density at radius 2 is 1.18 bits per heavy atom. The topological polar surface area (TPSA) is 6.48 Å². The molecule has 126 valence electrons. The first-order valence-corrected chi connectivity index (χ1v) is 12.6. The molecule has 0 saturated carbocycles. The second-order valence-corrected chi connectivity index (χ2v) is 13.6. The number of hydrogen-bond donors (Lipinski definition) is 0. The summed E-state index contributed by atoms with van der Waals surface area (Å²) in [6, 6.07) is 11.3. The Morgan fingerprint density at radius 3 is 1.50 bits per heavy atom. The number of nitrogens with zero attached hydrogens (tertiary/aromatic N) is 2. The van der Waals surface area contributed by atoms with Crippen molar-refractivity contribution in [1.29, 1.82) is 0 Å². The van der Waals surface area contributed by atoms with Crippen LogP contribution in [0.3, 0.4) is 0 Å². The van der Waals surface area contributed by atoms with Crippen molar-refractivity contribution in [3.8, 4) is 0 Å². The fraction of sp³-hybridized carbons (Fsp3) is 0.667. The normalized spacial score (nSPS) is 12.9. The molecule has 0 aliphatic rings. The maximum absolute atomic E-state index is 3.67. The van der Waals surface area contributed by atoms with Crippen molar-refractivity contribution in [2.24, 2.45) is 0 Å². The van der Waals surface area contributed by atoms with Gasteiger partial charge in [0.1, 0.15) is 0 Å². The minimum absolute atomic E-state index is 0.571. The molecule has 0 unspecified atom stereocenters. The van der Waals surface area contributed by atoms with Crippen LogP contribution in [0.1, 0.15) is 55.4 Å². The van der Waals surface area contributed by atoms with Crippen molar-refractivity contribution in [3.05, 3.63) is 28.7 Å². The summed E-state index contributed by atoms with van der Waals surface area (Å²) in [5.41, 5.74) is 0. The molecule has 0 amide bonds. The van der Waals surface area contributed by atoms with Crippen LogP contribution in [-0.2, 0) is 0 Å². The van der Waals surface area contributed by atoms with Crippen molar-refractivity contribution < 1.29 is 0 Å². The Labute approximate surface area is 154 Å². The van der Waals surface area contributed by atoms with Crippen molar-refractivity contribution in [3.63, 3.8) is 0 Å². The fourth-order valence-electron chi connectivity index (χ4n) is 3.05. The SMILES string of the molecule is CC(C)[N](C(C)C)[Sb]([c]1cccc(Br)c1)[N](C(C)C)C(C)C. The molecule has 0 aliphatic heterocycles. The van der Waals surface area contributed by atoms with Gasteiger partial charge in [-0.25, -0.2) is 0 Å². The second-order valence-electron chi connectivity index (χ2n) is 6.90. The van der Waals surface area contributed by atoms with E-state index in [0.29, 0.717) is 24.2 Å². The summed E-state index contributed by atoms with van der Waals surface area (Å²) in [6.45, 7) is 18.7. The van der Waals surface area contributed by atoms with Gasteiger partial charge in [0, 0.05) is 0 Å². The molecule has 0 fully saturated rings. The predicted molar refractivity (Wildman–Crippen MR) is 104 cm³/mol. The van der Waals surface area contributed by atoms with Gasteiger partial charge < -0.3 is 0 Å². The molecule has 0 saturated heterocycles. The monoisotopic (exact) mass is 476 g/mol. The molecule has 0 spiro atoms. The van der Waals surface area contributed by atoms with Crippen LogP contribution in [0.5, 0.6) is 0 Å². The predicted octanol–water partition coefficient (Wildman–Crippen LogP) is 4.38. The van der Waals surface area contributed by atoms with Gasteiger partial charge in [-0.2, -0.15) is 0 Å². The Balaban J connectivity index is 3.42. The molecule has 0 radical (unpaired) electrons. The van der Waals surface area contributed by atoms with Crippen molar-refractivity contribution in [2.75, 3.05) is 0 Å². The average molecular weight is 478 g/mol. The molecule has 1 rings (SSSR count). The molecular formula is C18H32BrN2Sb. The fourth-order valence-corrected chi connectivity index (χ4v) is 12.5. The van der Waals surface area contributed by atoms with E-state index in [4.69, 9.17) is 0 Å². The molecule has 2 nitrogen and oxygen atoms in total. The zero-order valence-electron chi connectivity index (χ0n) is 15.3. The summed E-state index contributed by atoms with van der Waals surface area (Å²) in [5, 5.41) is 0. The molecule has 0 heterocycles. The summed E-state index contributed by atoms with van der Waals surface area (Å²) >= 11 is 1.67. The quantitative estimate of drug-likeness (QED) is 0.537. The number of benzene rings is 1. The van der Waals surface area contributed by atoms with Gasteiger partial charge in [0.25, 0.3) is 0 Å². The van der Waals surface area contributed by atoms with E-state index < -0.39 is 20.8 Å². The van der Waals surface area contributed by atoms with Crippen LogP contribution >= 0.6 is 15.9 Å². The number of hydrogen-bond acceptors (Lipinski definition) is 2. The Bertz CT molecular complexity index is 424. The molecule has 0 aliphatic carbocycles. The van der Waals surface area contributed by atoms with Gasteiger partial charge in [0.2, 0.25) is 0 Å². The van der Waals surface area contributed by atoms with E-state index in [2.05, 4.69) is 102 Å². The van der Waals surface area contributed by atoms with Gasteiger partial charge in [-0.15, -0.1) is 0 Å². The van der Waals surface area contributed by atoms with Crippen LogP contribution in [0, 0.1) is 0 Å². The molecule has 0 N–H and O–H groups in total. The van der Waals surface area contributed by atoms with Crippen LogP contribution in [0.15, 0.2) is 28.7 Å². The zero-order valence-corrected chi connectivity index (χ0v) is 19.5. The summed E-state index contributed by atoms with van der Waals surface area (Å²) in [4.78, 5) is 0. The first kappa shape index (κ1) is 20.5. The average Bonchev–Trinajstić information content (AvgIpc) is 2.35. The summed E-state index contributed by atoms with van der Waals surface area (Å²) < 4.78 is 8.33. The van der Waals surface area contributed by atoms with Gasteiger partial charge in [0.15, 0.2) is 0 Å². The van der Waals surface area contributed by atoms with E-state index in [1.807, 2.05) is 0 Å². The van der Waals surface area contributed by atoms with E-state index in [1.165, 1.54) is 4.47 Å². The third-order valence-corrected chi connectivity index (χ3v) is 14.0. The first-order chi connectivity index (χ1) is 10.2. The van der Waals surface area contributed by atoms with Gasteiger partial charge in [-0.3, -0.25) is 0 Å². The molecular weight excluding hydrogens is 446 g/mol. The van der Waals surface area contributed by atoms with Gasteiger partial charge in [-0.05, 0) is 0 Å². The van der Waals surface area contributed by atoms with Crippen LogP contribution in [0.4, 0.5) is 0 Å². The molecule has 0 bridgehead atoms. The Hall–Kier alpha value is 0.438. The Kier molecular flexibility index (Phi) is 8.44. The van der Waals surface area contributed by atoms with Crippen molar-refractivity contribution in [2.45, 2.75) is 79.6 Å². The third kappa shape index (κ3) is 5.23. The van der Waals surface area contributed by atoms with E-state index in [1.54, 1.807) is 3.51 Å². The molecule has 4 heteroatoms. The second kappa shape index (κ2) is 9.06. The van der Waals surface area contributed by atoms with Gasteiger partial charge >= 0.3 is 155 Å². The molecule has 1 aromatic carbocycles. The van der Waals surface area contributed by atoms with Crippen molar-refractivity contribution in [1.82, 2.24) is 6.12 Å². The third-order valence-electron chi connectivity index (χ3n) is 3.59. The summed E-state index contributed by atoms with van der Waals surface area (Å²) in [6.07, 6.45) is 0. The Morgan fingerprint density at radius 1 is 0.773 bits per heavy atom. The van der Waals surface area contributed by atoms with E-state index >= 15 is 0 Å². The number of rotatable bonds is 7. The molecule has 0 aromatic heterocycles. The van der Waals surface area contributed by atoms with Gasteiger partial charge in [-0.1, -0.05) is 0 Å².